The minimum Gasteiger partial charge on any atom is -0.460 e. The van der Waals surface area contributed by atoms with Crippen molar-refractivity contribution in [3.05, 3.63) is 24.3 Å². The van der Waals surface area contributed by atoms with Crippen molar-refractivity contribution in [2.75, 3.05) is 0 Å². The van der Waals surface area contributed by atoms with Crippen LogP contribution in [0.25, 0.3) is 0 Å². The largest absolute Gasteiger partial charge is 0.460 e. The Hall–Kier alpha value is -1.13. The molecule has 0 aromatic rings. The quantitative estimate of drug-likeness (QED) is 0.526. The number of hydrogen-bond donors (Lipinski definition) is 2. The van der Waals surface area contributed by atoms with E-state index in [9.17, 15) is 15.0 Å². The molecule has 0 bridgehead atoms. The van der Waals surface area contributed by atoms with Crippen LogP contribution in [-0.2, 0) is 9.53 Å². The van der Waals surface area contributed by atoms with E-state index in [2.05, 4.69) is 12.2 Å². The van der Waals surface area contributed by atoms with E-state index in [1.807, 2.05) is 6.92 Å². The van der Waals surface area contributed by atoms with Gasteiger partial charge in [0.25, 0.3) is 0 Å². The molecule has 0 aromatic heterocycles. The van der Waals surface area contributed by atoms with Gasteiger partial charge in [0.05, 0.1) is 18.3 Å². The van der Waals surface area contributed by atoms with Gasteiger partial charge in [-0.15, -0.1) is 0 Å². The van der Waals surface area contributed by atoms with Gasteiger partial charge in [-0.25, -0.2) is 4.79 Å². The lowest BCUT2D eigenvalue weighted by atomic mass is 9.90. The highest BCUT2D eigenvalue weighted by molar-refractivity contribution is 5.82. The number of allylic oxidation sites excluding steroid dienone is 2. The molecule has 2 rings (SSSR count). The Morgan fingerprint density at radius 1 is 1.25 bits per heavy atom. The first-order valence-electron chi connectivity index (χ1n) is 7.48. The van der Waals surface area contributed by atoms with Gasteiger partial charge in [0.15, 0.2) is 0 Å². The van der Waals surface area contributed by atoms with Gasteiger partial charge in [-0.05, 0) is 56.9 Å². The average molecular weight is 280 g/mol. The van der Waals surface area contributed by atoms with Gasteiger partial charge in [0, 0.05) is 6.08 Å². The molecule has 1 fully saturated rings. The first-order valence-corrected chi connectivity index (χ1v) is 7.48. The molecule has 0 amide bonds. The minimum atomic E-state index is -0.717. The van der Waals surface area contributed by atoms with Crippen molar-refractivity contribution in [1.82, 2.24) is 0 Å². The molecule has 1 aliphatic carbocycles. The van der Waals surface area contributed by atoms with Gasteiger partial charge in [-0.2, -0.15) is 0 Å². The number of ether oxygens (including phenoxy) is 1. The number of rotatable bonds is 0. The Kier molecular flexibility index (Phi) is 5.38. The maximum Gasteiger partial charge on any atom is 0.330 e. The van der Waals surface area contributed by atoms with Crippen molar-refractivity contribution in [2.45, 2.75) is 57.3 Å². The normalized spacial score (nSPS) is 42.5. The fourth-order valence-electron chi connectivity index (χ4n) is 3.10. The highest BCUT2D eigenvalue weighted by Crippen LogP contribution is 2.36. The summed E-state index contributed by atoms with van der Waals surface area (Å²) in [7, 11) is 0. The second kappa shape index (κ2) is 7.04. The molecule has 1 heterocycles. The predicted octanol–water partition coefficient (Wildman–Crippen LogP) is 1.96. The lowest BCUT2D eigenvalue weighted by molar-refractivity contribution is -0.142. The van der Waals surface area contributed by atoms with E-state index in [0.29, 0.717) is 12.8 Å². The molecule has 2 aliphatic rings. The number of cyclic esters (lactones) is 1. The monoisotopic (exact) mass is 280 g/mol. The Bertz CT molecular complexity index is 388. The topological polar surface area (TPSA) is 66.8 Å². The summed E-state index contributed by atoms with van der Waals surface area (Å²) in [6.45, 7) is 1.89. The van der Waals surface area contributed by atoms with Gasteiger partial charge in [-0.1, -0.05) is 12.2 Å². The van der Waals surface area contributed by atoms with Crippen LogP contribution >= 0.6 is 0 Å². The first kappa shape index (κ1) is 15.3. The number of carbonyl (C=O) groups is 1. The van der Waals surface area contributed by atoms with Gasteiger partial charge in [-0.3, -0.25) is 0 Å². The third-order valence-corrected chi connectivity index (χ3v) is 4.19. The summed E-state index contributed by atoms with van der Waals surface area (Å²) in [6.07, 6.45) is 9.87. The molecule has 0 radical (unpaired) electrons. The summed E-state index contributed by atoms with van der Waals surface area (Å²) in [5.74, 6) is -0.249. The van der Waals surface area contributed by atoms with Crippen LogP contribution in [0.2, 0.25) is 0 Å². The van der Waals surface area contributed by atoms with Crippen molar-refractivity contribution in [3.63, 3.8) is 0 Å². The third kappa shape index (κ3) is 4.18. The lowest BCUT2D eigenvalue weighted by Gasteiger charge is -2.19. The zero-order chi connectivity index (χ0) is 14.5. The zero-order valence-corrected chi connectivity index (χ0v) is 11.9. The first-order chi connectivity index (χ1) is 9.56. The molecule has 0 spiro atoms. The van der Waals surface area contributed by atoms with E-state index >= 15 is 0 Å². The highest BCUT2D eigenvalue weighted by atomic mass is 16.5. The molecule has 4 nitrogen and oxygen atoms in total. The van der Waals surface area contributed by atoms with Crippen molar-refractivity contribution in [3.8, 4) is 0 Å². The van der Waals surface area contributed by atoms with Gasteiger partial charge >= 0.3 is 5.97 Å². The maximum absolute atomic E-state index is 11.6. The number of esters is 1. The Morgan fingerprint density at radius 2 is 2.05 bits per heavy atom. The predicted molar refractivity (Wildman–Crippen MR) is 75.9 cm³/mol. The standard InChI is InChI=1S/C16H24O4/c1-11-5-3-2-4-6-12-9-13(17)10-14(12)15(18)7-8-16(19)20-11/h4,6-8,11-15,17-18H,2-3,5,9-10H2,1H3/b6-4+,8-7-/t11-,12?,13-,14?,15+/m0/s1. The van der Waals surface area contributed by atoms with Crippen LogP contribution in [0.1, 0.15) is 39.0 Å². The zero-order valence-electron chi connectivity index (χ0n) is 11.9. The number of aliphatic hydroxyl groups excluding tert-OH is 2. The van der Waals surface area contributed by atoms with Crippen molar-refractivity contribution < 1.29 is 19.7 Å². The molecule has 20 heavy (non-hydrogen) atoms. The summed E-state index contributed by atoms with van der Waals surface area (Å²) >= 11 is 0. The Labute approximate surface area is 120 Å². The molecule has 4 heteroatoms. The van der Waals surface area contributed by atoms with Crippen LogP contribution in [0, 0.1) is 11.8 Å². The molecule has 0 saturated heterocycles. The molecule has 2 unspecified atom stereocenters. The average Bonchev–Trinajstić information content (AvgIpc) is 2.76. The molecule has 1 saturated carbocycles. The third-order valence-electron chi connectivity index (χ3n) is 4.19. The van der Waals surface area contributed by atoms with Crippen molar-refractivity contribution in [1.29, 1.82) is 0 Å². The van der Waals surface area contributed by atoms with Crippen LogP contribution in [0.4, 0.5) is 0 Å². The van der Waals surface area contributed by atoms with Gasteiger partial charge < -0.3 is 14.9 Å². The molecular formula is C16H24O4. The summed E-state index contributed by atoms with van der Waals surface area (Å²) in [4.78, 5) is 11.6. The van der Waals surface area contributed by atoms with Crippen molar-refractivity contribution >= 4 is 5.97 Å². The number of aliphatic hydroxyl groups is 2. The summed E-state index contributed by atoms with van der Waals surface area (Å²) in [6, 6.07) is 0. The Morgan fingerprint density at radius 3 is 2.85 bits per heavy atom. The van der Waals surface area contributed by atoms with E-state index in [4.69, 9.17) is 4.74 Å². The van der Waals surface area contributed by atoms with E-state index in [-0.39, 0.29) is 24.0 Å². The number of carbonyl (C=O) groups excluding carboxylic acids is 1. The molecule has 112 valence electrons. The van der Waals surface area contributed by atoms with E-state index in [1.54, 1.807) is 0 Å². The van der Waals surface area contributed by atoms with Gasteiger partial charge in [0.2, 0.25) is 0 Å². The van der Waals surface area contributed by atoms with Gasteiger partial charge in [0.1, 0.15) is 0 Å². The van der Waals surface area contributed by atoms with Crippen LogP contribution in [0.3, 0.4) is 0 Å². The van der Waals surface area contributed by atoms with E-state index in [1.165, 1.54) is 12.2 Å². The lowest BCUT2D eigenvalue weighted by Crippen LogP contribution is -2.21. The van der Waals surface area contributed by atoms with Crippen LogP contribution in [0.5, 0.6) is 0 Å². The molecule has 2 N–H and O–H groups in total. The summed E-state index contributed by atoms with van der Waals surface area (Å²) < 4.78 is 5.23. The molecule has 1 aliphatic heterocycles. The SMILES string of the molecule is C[C@H]1CCC/C=C/C2C[C@H](O)CC2[C@H](O)/C=C\C(=O)O1. The highest BCUT2D eigenvalue weighted by Gasteiger charge is 2.35. The number of hydrogen-bond acceptors (Lipinski definition) is 4. The molecular weight excluding hydrogens is 256 g/mol. The fourth-order valence-corrected chi connectivity index (χ4v) is 3.10. The second-order valence-corrected chi connectivity index (χ2v) is 5.91. The minimum absolute atomic E-state index is 0.0246. The van der Waals surface area contributed by atoms with E-state index < -0.39 is 12.1 Å². The Balaban J connectivity index is 2.11. The summed E-state index contributed by atoms with van der Waals surface area (Å²) in [5, 5.41) is 20.0. The summed E-state index contributed by atoms with van der Waals surface area (Å²) in [5.41, 5.74) is 0. The molecule has 0 aromatic carbocycles. The van der Waals surface area contributed by atoms with Crippen molar-refractivity contribution in [2.24, 2.45) is 11.8 Å². The van der Waals surface area contributed by atoms with E-state index in [0.717, 1.165) is 19.3 Å². The van der Waals surface area contributed by atoms with Crippen LogP contribution < -0.4 is 0 Å². The molecule has 5 atom stereocenters. The fraction of sp³-hybridized carbons (Fsp3) is 0.688. The maximum atomic E-state index is 11.6. The van der Waals surface area contributed by atoms with Crippen LogP contribution in [-0.4, -0.2) is 34.5 Å². The second-order valence-electron chi connectivity index (χ2n) is 5.91. The smallest absolute Gasteiger partial charge is 0.330 e. The number of fused-ring (bicyclic) bond motifs is 1. The van der Waals surface area contributed by atoms with Crippen LogP contribution in [0.15, 0.2) is 24.3 Å².